The van der Waals surface area contributed by atoms with Crippen LogP contribution in [0.5, 0.6) is 0 Å². The predicted molar refractivity (Wildman–Crippen MR) is 72.6 cm³/mol. The highest BCUT2D eigenvalue weighted by molar-refractivity contribution is 5.79. The normalized spacial score (nSPS) is 39.2. The molecule has 1 N–H and O–H groups in total. The maximum Gasteiger partial charge on any atom is 0.324 e. The lowest BCUT2D eigenvalue weighted by atomic mass is 9.69. The van der Waals surface area contributed by atoms with Gasteiger partial charge < -0.3 is 5.11 Å². The summed E-state index contributed by atoms with van der Waals surface area (Å²) < 4.78 is 0. The van der Waals surface area contributed by atoms with E-state index in [2.05, 4.69) is 18.7 Å². The number of carbonyl (C=O) groups is 1. The average molecular weight is 253 g/mol. The fraction of sp³-hybridized carbons (Fsp3) is 0.933. The summed E-state index contributed by atoms with van der Waals surface area (Å²) in [7, 11) is 0. The van der Waals surface area contributed by atoms with Crippen molar-refractivity contribution in [3.63, 3.8) is 0 Å². The van der Waals surface area contributed by atoms with E-state index in [0.29, 0.717) is 5.92 Å². The third kappa shape index (κ3) is 2.42. The van der Waals surface area contributed by atoms with Crippen molar-refractivity contribution >= 4 is 5.97 Å². The Bertz CT molecular complexity index is 297. The Morgan fingerprint density at radius 3 is 2.28 bits per heavy atom. The van der Waals surface area contributed by atoms with Crippen LogP contribution >= 0.6 is 0 Å². The summed E-state index contributed by atoms with van der Waals surface area (Å²) in [5.74, 6) is 0.375. The molecule has 3 atom stereocenters. The van der Waals surface area contributed by atoms with Gasteiger partial charge in [0.15, 0.2) is 0 Å². The van der Waals surface area contributed by atoms with Crippen molar-refractivity contribution < 1.29 is 9.90 Å². The molecular weight excluding hydrogens is 226 g/mol. The van der Waals surface area contributed by atoms with E-state index in [4.69, 9.17) is 0 Å². The highest BCUT2D eigenvalue weighted by Crippen LogP contribution is 2.42. The summed E-state index contributed by atoms with van der Waals surface area (Å²) in [6.45, 7) is 6.36. The first-order chi connectivity index (χ1) is 8.57. The molecule has 3 heteroatoms. The van der Waals surface area contributed by atoms with E-state index >= 15 is 0 Å². The van der Waals surface area contributed by atoms with Gasteiger partial charge in [0.25, 0.3) is 0 Å². The van der Waals surface area contributed by atoms with E-state index in [9.17, 15) is 9.90 Å². The maximum atomic E-state index is 12.0. The van der Waals surface area contributed by atoms with Gasteiger partial charge in [-0.2, -0.15) is 0 Å². The van der Waals surface area contributed by atoms with Gasteiger partial charge in [0.05, 0.1) is 0 Å². The minimum atomic E-state index is -0.580. The van der Waals surface area contributed by atoms with E-state index in [-0.39, 0.29) is 5.92 Å². The van der Waals surface area contributed by atoms with E-state index in [1.807, 2.05) is 0 Å². The third-order valence-corrected chi connectivity index (χ3v) is 5.13. The molecule has 104 valence electrons. The van der Waals surface area contributed by atoms with Crippen LogP contribution in [0.25, 0.3) is 0 Å². The van der Waals surface area contributed by atoms with Crippen molar-refractivity contribution in [2.24, 2.45) is 11.8 Å². The number of likely N-dealkylation sites (tertiary alicyclic amines) is 1. The Morgan fingerprint density at radius 2 is 1.78 bits per heavy atom. The van der Waals surface area contributed by atoms with Gasteiger partial charge in [0, 0.05) is 0 Å². The van der Waals surface area contributed by atoms with Crippen molar-refractivity contribution in [3.05, 3.63) is 0 Å². The molecule has 18 heavy (non-hydrogen) atoms. The van der Waals surface area contributed by atoms with Gasteiger partial charge in [-0.05, 0) is 57.0 Å². The summed E-state index contributed by atoms with van der Waals surface area (Å²) in [6, 6.07) is 0. The minimum Gasteiger partial charge on any atom is -0.480 e. The molecule has 3 unspecified atom stereocenters. The second-order valence-corrected chi connectivity index (χ2v) is 6.41. The van der Waals surface area contributed by atoms with E-state index in [0.717, 1.165) is 45.2 Å². The van der Waals surface area contributed by atoms with Crippen LogP contribution in [0.3, 0.4) is 0 Å². The fourth-order valence-corrected chi connectivity index (χ4v) is 4.02. The van der Waals surface area contributed by atoms with Gasteiger partial charge in [-0.25, -0.2) is 0 Å². The van der Waals surface area contributed by atoms with Crippen molar-refractivity contribution in [1.29, 1.82) is 0 Å². The van der Waals surface area contributed by atoms with Crippen LogP contribution in [-0.2, 0) is 4.79 Å². The fourth-order valence-electron chi connectivity index (χ4n) is 4.02. The van der Waals surface area contributed by atoms with Crippen LogP contribution in [0.1, 0.15) is 58.8 Å². The first-order valence-electron chi connectivity index (χ1n) is 7.56. The molecule has 0 aromatic carbocycles. The molecule has 0 bridgehead atoms. The van der Waals surface area contributed by atoms with Crippen molar-refractivity contribution in [2.45, 2.75) is 64.3 Å². The molecule has 0 amide bonds. The Balaban J connectivity index is 2.22. The van der Waals surface area contributed by atoms with E-state index < -0.39 is 11.5 Å². The molecular formula is C15H27NO2. The van der Waals surface area contributed by atoms with Crippen molar-refractivity contribution in [3.8, 4) is 0 Å². The zero-order valence-corrected chi connectivity index (χ0v) is 11.8. The molecule has 3 nitrogen and oxygen atoms in total. The highest BCUT2D eigenvalue weighted by atomic mass is 16.4. The quantitative estimate of drug-likeness (QED) is 0.822. The summed E-state index contributed by atoms with van der Waals surface area (Å²) >= 11 is 0. The van der Waals surface area contributed by atoms with E-state index in [1.54, 1.807) is 0 Å². The molecule has 0 aromatic rings. The number of carboxylic acid groups (broad SMARTS) is 1. The molecule has 2 rings (SSSR count). The topological polar surface area (TPSA) is 40.5 Å². The Morgan fingerprint density at radius 1 is 1.17 bits per heavy atom. The molecule has 1 aliphatic carbocycles. The van der Waals surface area contributed by atoms with E-state index in [1.165, 1.54) is 12.8 Å². The molecule has 0 spiro atoms. The first kappa shape index (κ1) is 13.9. The lowest BCUT2D eigenvalue weighted by molar-refractivity contribution is -0.159. The summed E-state index contributed by atoms with van der Waals surface area (Å²) in [5.41, 5.74) is -0.573. The lowest BCUT2D eigenvalue weighted by Gasteiger charge is -2.48. The van der Waals surface area contributed by atoms with Gasteiger partial charge >= 0.3 is 5.97 Å². The van der Waals surface area contributed by atoms with Gasteiger partial charge in [-0.3, -0.25) is 9.69 Å². The lowest BCUT2D eigenvalue weighted by Crippen LogP contribution is -2.61. The standard InChI is InChI=1S/C15H27NO2/c1-12-7-8-15(14(17)18,13(2)11-12)16-9-5-3-4-6-10-16/h12-13H,3-11H2,1-2H3,(H,17,18). The second kappa shape index (κ2) is 5.60. The maximum absolute atomic E-state index is 12.0. The van der Waals surface area contributed by atoms with Crippen LogP contribution < -0.4 is 0 Å². The number of hydrogen-bond acceptors (Lipinski definition) is 2. The van der Waals surface area contributed by atoms with Crippen LogP contribution in [0.15, 0.2) is 0 Å². The molecule has 1 aliphatic heterocycles. The molecule has 1 heterocycles. The minimum absolute atomic E-state index is 0.275. The molecule has 0 aromatic heterocycles. The summed E-state index contributed by atoms with van der Waals surface area (Å²) in [4.78, 5) is 14.3. The molecule has 2 aliphatic rings. The van der Waals surface area contributed by atoms with Crippen molar-refractivity contribution in [2.75, 3.05) is 13.1 Å². The Kier molecular flexibility index (Phi) is 4.31. The Hall–Kier alpha value is -0.570. The Labute approximate surface area is 111 Å². The number of aliphatic carboxylic acids is 1. The largest absolute Gasteiger partial charge is 0.480 e. The van der Waals surface area contributed by atoms with Gasteiger partial charge in [-0.1, -0.05) is 26.7 Å². The molecule has 1 saturated heterocycles. The molecule has 1 saturated carbocycles. The predicted octanol–water partition coefficient (Wildman–Crippen LogP) is 3.14. The van der Waals surface area contributed by atoms with Crippen LogP contribution in [0.2, 0.25) is 0 Å². The second-order valence-electron chi connectivity index (χ2n) is 6.41. The number of nitrogens with zero attached hydrogens (tertiary/aromatic N) is 1. The van der Waals surface area contributed by atoms with Crippen LogP contribution in [0, 0.1) is 11.8 Å². The summed E-state index contributed by atoms with van der Waals surface area (Å²) in [5, 5.41) is 9.85. The average Bonchev–Trinajstić information content (AvgIpc) is 2.58. The van der Waals surface area contributed by atoms with Gasteiger partial charge in [-0.15, -0.1) is 0 Å². The van der Waals surface area contributed by atoms with Crippen LogP contribution in [0.4, 0.5) is 0 Å². The zero-order valence-electron chi connectivity index (χ0n) is 11.8. The smallest absolute Gasteiger partial charge is 0.324 e. The zero-order chi connectivity index (χ0) is 13.2. The van der Waals surface area contributed by atoms with Crippen LogP contribution in [-0.4, -0.2) is 34.6 Å². The van der Waals surface area contributed by atoms with Gasteiger partial charge in [0.1, 0.15) is 5.54 Å². The van der Waals surface area contributed by atoms with Crippen molar-refractivity contribution in [1.82, 2.24) is 4.90 Å². The first-order valence-corrected chi connectivity index (χ1v) is 7.56. The monoisotopic (exact) mass is 253 g/mol. The molecule has 2 fully saturated rings. The number of rotatable bonds is 2. The number of carboxylic acids is 1. The van der Waals surface area contributed by atoms with Gasteiger partial charge in [0.2, 0.25) is 0 Å². The highest BCUT2D eigenvalue weighted by Gasteiger charge is 2.50. The summed E-state index contributed by atoms with van der Waals surface area (Å²) in [6.07, 6.45) is 7.81. The molecule has 0 radical (unpaired) electrons. The SMILES string of the molecule is CC1CCC(C(=O)O)(N2CCCCCC2)C(C)C1. The third-order valence-electron chi connectivity index (χ3n) is 5.13. The number of hydrogen-bond donors (Lipinski definition) is 1.